The van der Waals surface area contributed by atoms with Gasteiger partial charge in [-0.1, -0.05) is 11.2 Å². The van der Waals surface area contributed by atoms with Gasteiger partial charge >= 0.3 is 5.97 Å². The molecule has 146 valence electrons. The van der Waals surface area contributed by atoms with Crippen LogP contribution in [-0.4, -0.2) is 29.8 Å². The Kier molecular flexibility index (Phi) is 5.90. The molecule has 2 heterocycles. The van der Waals surface area contributed by atoms with E-state index < -0.39 is 16.6 Å². The predicted octanol–water partition coefficient (Wildman–Crippen LogP) is 4.08. The molecule has 0 unspecified atom stereocenters. The minimum Gasteiger partial charge on any atom is -0.493 e. The van der Waals surface area contributed by atoms with Crippen molar-refractivity contribution in [2.45, 2.75) is 13.5 Å². The summed E-state index contributed by atoms with van der Waals surface area (Å²) in [6, 6.07) is 7.76. The highest BCUT2D eigenvalue weighted by atomic mass is 32.1. The van der Waals surface area contributed by atoms with Gasteiger partial charge < -0.3 is 18.7 Å². The number of carbonyl (C=O) groups excluding carboxylic acids is 1. The van der Waals surface area contributed by atoms with Crippen molar-refractivity contribution in [3.63, 3.8) is 0 Å². The van der Waals surface area contributed by atoms with Gasteiger partial charge in [-0.05, 0) is 18.4 Å². The lowest BCUT2D eigenvalue weighted by molar-refractivity contribution is -0.385. The van der Waals surface area contributed by atoms with Gasteiger partial charge in [0.2, 0.25) is 0 Å². The van der Waals surface area contributed by atoms with Crippen LogP contribution in [-0.2, 0) is 11.3 Å². The van der Waals surface area contributed by atoms with E-state index in [4.69, 9.17) is 18.7 Å². The summed E-state index contributed by atoms with van der Waals surface area (Å²) in [7, 11) is 1.38. The van der Waals surface area contributed by atoms with E-state index in [0.29, 0.717) is 11.5 Å². The summed E-state index contributed by atoms with van der Waals surface area (Å²) in [6.07, 6.45) is 0. The molecule has 0 saturated carbocycles. The van der Waals surface area contributed by atoms with Crippen molar-refractivity contribution in [3.8, 4) is 22.1 Å². The first kappa shape index (κ1) is 19.4. The fraction of sp³-hybridized carbons (Fsp3) is 0.222. The van der Waals surface area contributed by atoms with Crippen molar-refractivity contribution in [1.82, 2.24) is 5.16 Å². The maximum absolute atomic E-state index is 12.4. The van der Waals surface area contributed by atoms with Gasteiger partial charge in [0.1, 0.15) is 17.9 Å². The number of carbonyl (C=O) groups is 1. The Balaban J connectivity index is 1.79. The molecule has 9 nitrogen and oxygen atoms in total. The van der Waals surface area contributed by atoms with Gasteiger partial charge in [-0.3, -0.25) is 10.1 Å². The molecule has 0 aliphatic rings. The van der Waals surface area contributed by atoms with Crippen molar-refractivity contribution in [1.29, 1.82) is 0 Å². The standard InChI is InChI=1S/C18H16N2O7S/c1-3-25-15-9-13(20(22)23)12(8-14(15)24-2)18(21)26-10-11-7-16(27-19-11)17-5-4-6-28-17/h4-9H,3,10H2,1-2H3. The maximum Gasteiger partial charge on any atom is 0.345 e. The molecule has 0 saturated heterocycles. The molecule has 0 fully saturated rings. The van der Waals surface area contributed by atoms with Crippen molar-refractivity contribution in [3.05, 3.63) is 57.1 Å². The molecule has 0 N–H and O–H groups in total. The minimum absolute atomic E-state index is 0.172. The first-order chi connectivity index (χ1) is 13.5. The Labute approximate surface area is 163 Å². The molecule has 0 aliphatic heterocycles. The molecule has 1 aromatic carbocycles. The number of nitro groups is 1. The van der Waals surface area contributed by atoms with Crippen LogP contribution in [0.2, 0.25) is 0 Å². The van der Waals surface area contributed by atoms with E-state index >= 15 is 0 Å². The molecular weight excluding hydrogens is 388 g/mol. The molecule has 3 aromatic rings. The Morgan fingerprint density at radius 1 is 1.32 bits per heavy atom. The molecule has 0 amide bonds. The molecule has 10 heteroatoms. The Hall–Kier alpha value is -3.40. The fourth-order valence-electron chi connectivity index (χ4n) is 2.42. The quantitative estimate of drug-likeness (QED) is 0.313. The summed E-state index contributed by atoms with van der Waals surface area (Å²) >= 11 is 1.48. The van der Waals surface area contributed by atoms with Crippen LogP contribution in [0.1, 0.15) is 23.0 Å². The molecule has 0 bridgehead atoms. The number of benzene rings is 1. The van der Waals surface area contributed by atoms with Gasteiger partial charge in [-0.25, -0.2) is 4.79 Å². The number of ether oxygens (including phenoxy) is 3. The predicted molar refractivity (Wildman–Crippen MR) is 99.8 cm³/mol. The summed E-state index contributed by atoms with van der Waals surface area (Å²) in [4.78, 5) is 24.0. The Morgan fingerprint density at radius 2 is 2.14 bits per heavy atom. The first-order valence-electron chi connectivity index (χ1n) is 8.19. The number of methoxy groups -OCH3 is 1. The second-order valence-corrected chi connectivity index (χ2v) is 6.39. The third kappa shape index (κ3) is 4.12. The zero-order valence-corrected chi connectivity index (χ0v) is 15.9. The number of nitrogens with zero attached hydrogens (tertiary/aromatic N) is 2. The van der Waals surface area contributed by atoms with Crippen LogP contribution < -0.4 is 9.47 Å². The van der Waals surface area contributed by atoms with E-state index in [-0.39, 0.29) is 30.3 Å². The summed E-state index contributed by atoms with van der Waals surface area (Å²) in [5, 5.41) is 17.1. The van der Waals surface area contributed by atoms with Crippen LogP contribution in [0.5, 0.6) is 11.5 Å². The zero-order valence-electron chi connectivity index (χ0n) is 15.0. The SMILES string of the molecule is CCOc1cc([N+](=O)[O-])c(C(=O)OCc2cc(-c3cccs3)on2)cc1OC. The summed E-state index contributed by atoms with van der Waals surface area (Å²) in [6.45, 7) is 1.83. The van der Waals surface area contributed by atoms with Gasteiger partial charge in [-0.2, -0.15) is 0 Å². The Morgan fingerprint density at radius 3 is 2.79 bits per heavy atom. The van der Waals surface area contributed by atoms with E-state index in [1.807, 2.05) is 17.5 Å². The molecule has 0 spiro atoms. The Bertz CT molecular complexity index is 982. The van der Waals surface area contributed by atoms with E-state index in [1.165, 1.54) is 24.5 Å². The third-order valence-electron chi connectivity index (χ3n) is 3.67. The summed E-state index contributed by atoms with van der Waals surface area (Å²) in [5.74, 6) is 0.0367. The highest BCUT2D eigenvalue weighted by molar-refractivity contribution is 7.13. The molecule has 3 rings (SSSR count). The van der Waals surface area contributed by atoms with E-state index in [9.17, 15) is 14.9 Å². The molecule has 2 aromatic heterocycles. The number of rotatable bonds is 8. The van der Waals surface area contributed by atoms with Crippen LogP contribution in [0.4, 0.5) is 5.69 Å². The fourth-order valence-corrected chi connectivity index (χ4v) is 3.10. The second-order valence-electron chi connectivity index (χ2n) is 5.45. The van der Waals surface area contributed by atoms with Crippen molar-refractivity contribution in [2.24, 2.45) is 0 Å². The summed E-state index contributed by atoms with van der Waals surface area (Å²) < 4.78 is 20.9. The van der Waals surface area contributed by atoms with Crippen LogP contribution in [0.25, 0.3) is 10.6 Å². The number of nitro benzene ring substituents is 1. The molecule has 0 atom stereocenters. The highest BCUT2D eigenvalue weighted by Gasteiger charge is 2.26. The number of esters is 1. The van der Waals surface area contributed by atoms with Gasteiger partial charge in [0.15, 0.2) is 17.3 Å². The minimum atomic E-state index is -0.881. The lowest BCUT2D eigenvalue weighted by Crippen LogP contribution is -2.10. The smallest absolute Gasteiger partial charge is 0.345 e. The largest absolute Gasteiger partial charge is 0.493 e. The lowest BCUT2D eigenvalue weighted by atomic mass is 10.1. The first-order valence-corrected chi connectivity index (χ1v) is 9.07. The van der Waals surface area contributed by atoms with Crippen LogP contribution in [0, 0.1) is 10.1 Å². The van der Waals surface area contributed by atoms with Crippen molar-refractivity contribution < 1.29 is 28.5 Å². The van der Waals surface area contributed by atoms with E-state index in [0.717, 1.165) is 10.9 Å². The number of aromatic nitrogens is 1. The van der Waals surface area contributed by atoms with Gasteiger partial charge in [0.05, 0.1) is 29.6 Å². The van der Waals surface area contributed by atoms with E-state index in [2.05, 4.69) is 5.16 Å². The van der Waals surface area contributed by atoms with Gasteiger partial charge in [-0.15, -0.1) is 11.3 Å². The molecular formula is C18H16N2O7S. The normalized spacial score (nSPS) is 10.5. The zero-order chi connectivity index (χ0) is 20.1. The number of thiophene rings is 1. The van der Waals surface area contributed by atoms with Crippen LogP contribution >= 0.6 is 11.3 Å². The summed E-state index contributed by atoms with van der Waals surface area (Å²) in [5.41, 5.74) is -0.293. The van der Waals surface area contributed by atoms with Gasteiger partial charge in [0, 0.05) is 12.1 Å². The van der Waals surface area contributed by atoms with Crippen LogP contribution in [0.15, 0.2) is 40.2 Å². The highest BCUT2D eigenvalue weighted by Crippen LogP contribution is 2.35. The number of hydrogen-bond donors (Lipinski definition) is 0. The molecule has 0 aliphatic carbocycles. The lowest BCUT2D eigenvalue weighted by Gasteiger charge is -2.11. The van der Waals surface area contributed by atoms with Crippen molar-refractivity contribution >= 4 is 23.0 Å². The number of hydrogen-bond acceptors (Lipinski definition) is 9. The van der Waals surface area contributed by atoms with Gasteiger partial charge in [0.25, 0.3) is 5.69 Å². The van der Waals surface area contributed by atoms with Crippen molar-refractivity contribution in [2.75, 3.05) is 13.7 Å². The molecule has 28 heavy (non-hydrogen) atoms. The average molecular weight is 404 g/mol. The topological polar surface area (TPSA) is 114 Å². The third-order valence-corrected chi connectivity index (χ3v) is 4.56. The molecule has 0 radical (unpaired) electrons. The second kappa shape index (κ2) is 8.53. The van der Waals surface area contributed by atoms with Crippen LogP contribution in [0.3, 0.4) is 0 Å². The van der Waals surface area contributed by atoms with E-state index in [1.54, 1.807) is 13.0 Å². The monoisotopic (exact) mass is 404 g/mol. The average Bonchev–Trinajstić information content (AvgIpc) is 3.37. The maximum atomic E-state index is 12.4.